The molecule has 2 aliphatic carbocycles. The van der Waals surface area contributed by atoms with Gasteiger partial charge in [0.2, 0.25) is 0 Å². The molecule has 3 aliphatic rings. The van der Waals surface area contributed by atoms with Gasteiger partial charge in [-0.1, -0.05) is 22.4 Å². The van der Waals surface area contributed by atoms with Crippen molar-refractivity contribution in [1.82, 2.24) is 4.90 Å². The zero-order chi connectivity index (χ0) is 15.3. The van der Waals surface area contributed by atoms with Gasteiger partial charge in [0.05, 0.1) is 5.41 Å². The average Bonchev–Trinajstić information content (AvgIpc) is 2.73. The van der Waals surface area contributed by atoms with Gasteiger partial charge in [-0.3, -0.25) is 4.79 Å². The summed E-state index contributed by atoms with van der Waals surface area (Å²) in [5.41, 5.74) is 2.22. The molecule has 4 heteroatoms. The summed E-state index contributed by atoms with van der Waals surface area (Å²) < 4.78 is 7.37. The Morgan fingerprint density at radius 1 is 1.27 bits per heavy atom. The van der Waals surface area contributed by atoms with Crippen LogP contribution in [0.25, 0.3) is 0 Å². The highest BCUT2D eigenvalue weighted by Gasteiger charge is 2.51. The molecule has 2 fully saturated rings. The number of rotatable bonds is 2. The van der Waals surface area contributed by atoms with Gasteiger partial charge < -0.3 is 9.64 Å². The molecule has 0 N–H and O–H groups in total. The van der Waals surface area contributed by atoms with Crippen LogP contribution >= 0.6 is 15.9 Å². The molecule has 0 atom stereocenters. The first kappa shape index (κ1) is 14.7. The Bertz CT molecular complexity index is 616. The molecule has 1 spiro atoms. The van der Waals surface area contributed by atoms with Crippen molar-refractivity contribution in [1.29, 1.82) is 0 Å². The molecule has 0 aromatic heterocycles. The summed E-state index contributed by atoms with van der Waals surface area (Å²) in [6, 6.07) is 4.21. The number of likely N-dealkylation sites (tertiary alicyclic amines) is 1. The number of hydrogen-bond donors (Lipinski definition) is 0. The molecule has 0 radical (unpaired) electrons. The van der Waals surface area contributed by atoms with Gasteiger partial charge in [-0.05, 0) is 50.4 Å². The van der Waals surface area contributed by atoms with E-state index in [1.54, 1.807) is 0 Å². The van der Waals surface area contributed by atoms with Crippen LogP contribution in [-0.2, 0) is 16.6 Å². The van der Waals surface area contributed by atoms with Crippen molar-refractivity contribution in [2.45, 2.75) is 50.0 Å². The van der Waals surface area contributed by atoms with E-state index in [9.17, 15) is 4.79 Å². The number of carbonyl (C=O) groups is 1. The molecule has 1 aliphatic heterocycles. The molecule has 1 saturated carbocycles. The van der Waals surface area contributed by atoms with Crippen molar-refractivity contribution < 1.29 is 9.53 Å². The first-order chi connectivity index (χ1) is 10.6. The van der Waals surface area contributed by atoms with Crippen LogP contribution in [0.5, 0.6) is 5.75 Å². The molecule has 1 heterocycles. The highest BCUT2D eigenvalue weighted by Crippen LogP contribution is 2.53. The molecule has 0 unspecified atom stereocenters. The molecule has 0 amide bonds. The van der Waals surface area contributed by atoms with Gasteiger partial charge in [0.15, 0.2) is 0 Å². The van der Waals surface area contributed by atoms with E-state index in [-0.39, 0.29) is 11.5 Å². The summed E-state index contributed by atoms with van der Waals surface area (Å²) in [5.74, 6) is 1.34. The second-order valence-corrected chi connectivity index (χ2v) is 8.00. The van der Waals surface area contributed by atoms with Gasteiger partial charge in [-0.2, -0.15) is 0 Å². The lowest BCUT2D eigenvalue weighted by atomic mass is 9.64. The Balaban J connectivity index is 1.64. The third kappa shape index (κ3) is 2.23. The molecule has 1 aromatic rings. The number of ketones is 1. The third-order valence-corrected chi connectivity index (χ3v) is 6.18. The van der Waals surface area contributed by atoms with Crippen molar-refractivity contribution in [2.24, 2.45) is 0 Å². The van der Waals surface area contributed by atoms with Gasteiger partial charge in [0.25, 0.3) is 0 Å². The number of ether oxygens (including phenoxy) is 1. The summed E-state index contributed by atoms with van der Waals surface area (Å²) in [6.45, 7) is 2.17. The monoisotopic (exact) mass is 363 g/mol. The minimum atomic E-state index is -0.177. The summed E-state index contributed by atoms with van der Waals surface area (Å²) >= 11 is 3.62. The van der Waals surface area contributed by atoms with Crippen molar-refractivity contribution in [3.63, 3.8) is 0 Å². The average molecular weight is 364 g/mol. The quantitative estimate of drug-likeness (QED) is 0.805. The van der Waals surface area contributed by atoms with E-state index in [2.05, 4.69) is 40.0 Å². The first-order valence-electron chi connectivity index (χ1n) is 8.30. The van der Waals surface area contributed by atoms with Gasteiger partial charge in [-0.15, -0.1) is 0 Å². The first-order valence-corrected chi connectivity index (χ1v) is 9.09. The van der Waals surface area contributed by atoms with Crippen LogP contribution in [0.3, 0.4) is 0 Å². The summed E-state index contributed by atoms with van der Waals surface area (Å²) in [4.78, 5) is 14.9. The van der Waals surface area contributed by atoms with Crippen molar-refractivity contribution in [3.8, 4) is 5.75 Å². The Morgan fingerprint density at radius 2 is 2.00 bits per heavy atom. The van der Waals surface area contributed by atoms with E-state index in [4.69, 9.17) is 4.74 Å². The summed E-state index contributed by atoms with van der Waals surface area (Å²) in [7, 11) is 2.16. The smallest absolute Gasteiger partial charge is 0.147 e. The van der Waals surface area contributed by atoms with Crippen molar-refractivity contribution >= 4 is 21.7 Å². The van der Waals surface area contributed by atoms with E-state index in [1.165, 1.54) is 12.0 Å². The standard InChI is InChI=1S/C18H22BrNO2/c1-20-7-3-13(4-8-20)22-16-10-12(19)9-15-14(16)11-17(21)18(15)5-2-6-18/h9-10,13H,2-8,11H2,1H3. The molecule has 1 aromatic carbocycles. The highest BCUT2D eigenvalue weighted by atomic mass is 79.9. The van der Waals surface area contributed by atoms with Crippen LogP contribution in [0, 0.1) is 0 Å². The molecule has 4 rings (SSSR count). The fourth-order valence-electron chi connectivity index (χ4n) is 4.17. The molecule has 1 saturated heterocycles. The number of fused-ring (bicyclic) bond motifs is 2. The van der Waals surface area contributed by atoms with Crippen molar-refractivity contribution in [3.05, 3.63) is 27.7 Å². The maximum atomic E-state index is 12.6. The number of carbonyl (C=O) groups excluding carboxylic acids is 1. The number of Topliss-reactive ketones (excluding diaryl/α,β-unsaturated/α-hetero) is 1. The van der Waals surface area contributed by atoms with Crippen LogP contribution in [0.15, 0.2) is 16.6 Å². The number of piperidine rings is 1. The molecule has 3 nitrogen and oxygen atoms in total. The number of halogens is 1. The van der Waals surface area contributed by atoms with Gasteiger partial charge in [0.1, 0.15) is 17.6 Å². The second-order valence-electron chi connectivity index (χ2n) is 7.09. The molecule has 0 bridgehead atoms. The Kier molecular flexibility index (Phi) is 3.57. The lowest BCUT2D eigenvalue weighted by Crippen LogP contribution is -2.39. The lowest BCUT2D eigenvalue weighted by Gasteiger charge is -2.37. The van der Waals surface area contributed by atoms with Crippen LogP contribution in [0.4, 0.5) is 0 Å². The van der Waals surface area contributed by atoms with E-state index in [0.29, 0.717) is 12.2 Å². The van der Waals surface area contributed by atoms with E-state index >= 15 is 0 Å². The predicted molar refractivity (Wildman–Crippen MR) is 89.5 cm³/mol. The minimum absolute atomic E-state index is 0.177. The van der Waals surface area contributed by atoms with Crippen LogP contribution in [0.2, 0.25) is 0 Å². The van der Waals surface area contributed by atoms with Gasteiger partial charge in [-0.25, -0.2) is 0 Å². The number of benzene rings is 1. The second kappa shape index (κ2) is 5.34. The van der Waals surface area contributed by atoms with Crippen molar-refractivity contribution in [2.75, 3.05) is 20.1 Å². The fraction of sp³-hybridized carbons (Fsp3) is 0.611. The predicted octanol–water partition coefficient (Wildman–Crippen LogP) is 3.47. The Hall–Kier alpha value is -0.870. The third-order valence-electron chi connectivity index (χ3n) is 5.73. The van der Waals surface area contributed by atoms with Gasteiger partial charge in [0, 0.05) is 29.5 Å². The topological polar surface area (TPSA) is 29.5 Å². The zero-order valence-corrected chi connectivity index (χ0v) is 14.6. The highest BCUT2D eigenvalue weighted by molar-refractivity contribution is 9.10. The maximum Gasteiger partial charge on any atom is 0.147 e. The molecule has 22 heavy (non-hydrogen) atoms. The number of hydrogen-bond acceptors (Lipinski definition) is 3. The molecule has 118 valence electrons. The van der Waals surface area contributed by atoms with Crippen LogP contribution in [-0.4, -0.2) is 36.9 Å². The Morgan fingerprint density at radius 3 is 2.64 bits per heavy atom. The maximum absolute atomic E-state index is 12.6. The van der Waals surface area contributed by atoms with Gasteiger partial charge >= 0.3 is 0 Å². The van der Waals surface area contributed by atoms with Crippen LogP contribution < -0.4 is 4.74 Å². The fourth-order valence-corrected chi connectivity index (χ4v) is 4.60. The number of nitrogens with zero attached hydrogens (tertiary/aromatic N) is 1. The normalized spacial score (nSPS) is 24.4. The minimum Gasteiger partial charge on any atom is -0.490 e. The lowest BCUT2D eigenvalue weighted by molar-refractivity contribution is -0.125. The van der Waals surface area contributed by atoms with Crippen LogP contribution in [0.1, 0.15) is 43.2 Å². The largest absolute Gasteiger partial charge is 0.490 e. The molecular formula is C18H22BrNO2. The SMILES string of the molecule is CN1CCC(Oc2cc(Br)cc3c2CC(=O)C32CCC2)CC1. The zero-order valence-electron chi connectivity index (χ0n) is 13.0. The van der Waals surface area contributed by atoms with E-state index in [1.807, 2.05) is 0 Å². The van der Waals surface area contributed by atoms with E-state index in [0.717, 1.165) is 54.6 Å². The molecular weight excluding hydrogens is 342 g/mol. The van der Waals surface area contributed by atoms with E-state index < -0.39 is 0 Å². The summed E-state index contributed by atoms with van der Waals surface area (Å²) in [5, 5.41) is 0. The summed E-state index contributed by atoms with van der Waals surface area (Å²) in [6.07, 6.45) is 6.18. The Labute approximate surface area is 140 Å².